The molecule has 1 unspecified atom stereocenters. The summed E-state index contributed by atoms with van der Waals surface area (Å²) in [5, 5.41) is 10.7. The number of carbonyl (C=O) groups is 2. The van der Waals surface area contributed by atoms with E-state index in [2.05, 4.69) is 25.2 Å². The smallest absolute Gasteiger partial charge is 0.368 e. The summed E-state index contributed by atoms with van der Waals surface area (Å²) in [5.74, 6) is -12.3. The molecule has 0 radical (unpaired) electrons. The van der Waals surface area contributed by atoms with Gasteiger partial charge in [0.05, 0.1) is 29.4 Å². The summed E-state index contributed by atoms with van der Waals surface area (Å²) in [6, 6.07) is 6.13. The van der Waals surface area contributed by atoms with Gasteiger partial charge in [-0.2, -0.15) is 32.1 Å². The SMILES string of the molecule is CC(=O)Nc1cnc([C@@H](Cc2cc(F)cc(F)c2)C(C(N)=O)n2nc(C(F)(F)F)c3c2C(F)(F)[C@@H]2C[C@H]32)c(-c2cccc3c(NS(C)(=O)=O)nn(C)c23)c1. The van der Waals surface area contributed by atoms with Gasteiger partial charge in [-0.1, -0.05) is 12.1 Å². The van der Waals surface area contributed by atoms with Crippen LogP contribution in [0.5, 0.6) is 0 Å². The third-order valence-corrected chi connectivity index (χ3v) is 10.1. The Labute approximate surface area is 301 Å². The highest BCUT2D eigenvalue weighted by Crippen LogP contribution is 2.69. The van der Waals surface area contributed by atoms with Gasteiger partial charge in [0, 0.05) is 54.0 Å². The van der Waals surface area contributed by atoms with Gasteiger partial charge in [0.1, 0.15) is 23.4 Å². The Balaban J connectivity index is 1.53. The molecule has 3 heterocycles. The number of rotatable bonds is 10. The molecule has 2 amide bonds. The van der Waals surface area contributed by atoms with Crippen molar-refractivity contribution in [1.29, 1.82) is 0 Å². The minimum absolute atomic E-state index is 0.0448. The van der Waals surface area contributed by atoms with Gasteiger partial charge < -0.3 is 11.1 Å². The number of aryl methyl sites for hydroxylation is 1. The zero-order valence-electron chi connectivity index (χ0n) is 28.3. The molecule has 3 aromatic heterocycles. The number of nitrogens with two attached hydrogens (primary N) is 1. The maximum Gasteiger partial charge on any atom is 0.435 e. The molecular weight excluding hydrogens is 749 g/mol. The number of nitrogens with one attached hydrogen (secondary N) is 2. The highest BCUT2D eigenvalue weighted by Gasteiger charge is 2.69. The Morgan fingerprint density at radius 2 is 1.76 bits per heavy atom. The number of para-hydroxylation sites is 1. The lowest BCUT2D eigenvalue weighted by atomic mass is 9.84. The normalized spacial score (nSPS) is 18.6. The van der Waals surface area contributed by atoms with Crippen LogP contribution in [0.4, 0.5) is 42.2 Å². The fourth-order valence-electron chi connectivity index (χ4n) is 7.53. The van der Waals surface area contributed by atoms with E-state index < -0.39 is 92.7 Å². The number of hydrogen-bond donors (Lipinski definition) is 3. The van der Waals surface area contributed by atoms with Crippen molar-refractivity contribution in [2.45, 2.75) is 49.7 Å². The number of halogens is 7. The van der Waals surface area contributed by atoms with Crippen molar-refractivity contribution in [3.63, 3.8) is 0 Å². The topological polar surface area (TPSA) is 167 Å². The van der Waals surface area contributed by atoms with Crippen LogP contribution in [0.3, 0.4) is 0 Å². The number of amides is 2. The van der Waals surface area contributed by atoms with Gasteiger partial charge >= 0.3 is 6.18 Å². The molecule has 4 N–H and O–H groups in total. The largest absolute Gasteiger partial charge is 0.435 e. The third kappa shape index (κ3) is 6.41. The Hall–Kier alpha value is -5.53. The van der Waals surface area contributed by atoms with Crippen LogP contribution in [-0.4, -0.2) is 51.0 Å². The number of alkyl halides is 5. The van der Waals surface area contributed by atoms with Gasteiger partial charge in [-0.3, -0.25) is 24.0 Å². The zero-order chi connectivity index (χ0) is 39.2. The second kappa shape index (κ2) is 12.5. The Morgan fingerprint density at radius 1 is 1.07 bits per heavy atom. The molecule has 2 aliphatic rings. The lowest BCUT2D eigenvalue weighted by Crippen LogP contribution is -2.37. The molecule has 2 aliphatic carbocycles. The van der Waals surface area contributed by atoms with Crippen LogP contribution in [0.1, 0.15) is 59.4 Å². The number of primary amides is 1. The van der Waals surface area contributed by atoms with E-state index in [1.165, 1.54) is 42.9 Å². The molecule has 1 fully saturated rings. The zero-order valence-corrected chi connectivity index (χ0v) is 29.2. The summed E-state index contributed by atoms with van der Waals surface area (Å²) in [6.07, 6.45) is -4.00. The average molecular weight is 779 g/mol. The molecule has 5 aromatic rings. The standard InChI is InChI=1S/C34H29F7N8O4S/c1-14(50)44-18-11-21(19-5-4-6-20-27(19)48(2)46-32(20)47-54(3,52)53)26(43-13-18)23(9-15-7-16(35)10-17(36)8-15)28(31(42)51)49-30-25(29(45-49)34(39,40)41)22-12-24(22)33(30,37)38/h4-8,10-11,13,22-24,28H,9,12H2,1-3H3,(H2,42,51)(H,44,50)(H,46,47)/t22-,23+,24+,28?/m0/s1. The Morgan fingerprint density at radius 3 is 2.37 bits per heavy atom. The maximum atomic E-state index is 15.9. The van der Waals surface area contributed by atoms with Crippen molar-refractivity contribution in [2.75, 3.05) is 16.3 Å². The molecule has 0 bridgehead atoms. The highest BCUT2D eigenvalue weighted by atomic mass is 32.2. The van der Waals surface area contributed by atoms with Gasteiger partial charge in [0.2, 0.25) is 21.8 Å². The van der Waals surface area contributed by atoms with Crippen molar-refractivity contribution >= 4 is 44.2 Å². The number of hydrogen-bond acceptors (Lipinski definition) is 7. The molecule has 12 nitrogen and oxygen atoms in total. The number of aromatic nitrogens is 5. The number of carbonyl (C=O) groups excluding carboxylic acids is 2. The second-order valence-corrected chi connectivity index (χ2v) is 15.2. The summed E-state index contributed by atoms with van der Waals surface area (Å²) in [4.78, 5) is 30.2. The molecule has 54 heavy (non-hydrogen) atoms. The lowest BCUT2D eigenvalue weighted by molar-refractivity contribution is -0.142. The number of benzene rings is 2. The minimum atomic E-state index is -5.21. The molecule has 0 spiro atoms. The molecular formula is C34H29F7N8O4S. The Kier molecular flexibility index (Phi) is 8.54. The van der Waals surface area contributed by atoms with E-state index >= 15 is 8.78 Å². The highest BCUT2D eigenvalue weighted by molar-refractivity contribution is 7.92. The van der Waals surface area contributed by atoms with E-state index in [1.54, 1.807) is 0 Å². The molecule has 284 valence electrons. The third-order valence-electron chi connectivity index (χ3n) is 9.50. The van der Waals surface area contributed by atoms with E-state index in [4.69, 9.17) is 5.73 Å². The predicted octanol–water partition coefficient (Wildman–Crippen LogP) is 5.72. The van der Waals surface area contributed by atoms with E-state index in [0.717, 1.165) is 24.6 Å². The van der Waals surface area contributed by atoms with Crippen molar-refractivity contribution in [3.8, 4) is 11.1 Å². The molecule has 4 atom stereocenters. The molecule has 0 aliphatic heterocycles. The van der Waals surface area contributed by atoms with Crippen LogP contribution in [0, 0.1) is 17.6 Å². The van der Waals surface area contributed by atoms with Crippen molar-refractivity contribution in [2.24, 2.45) is 18.7 Å². The molecule has 20 heteroatoms. The van der Waals surface area contributed by atoms with Crippen molar-refractivity contribution in [1.82, 2.24) is 24.5 Å². The predicted molar refractivity (Wildman–Crippen MR) is 180 cm³/mol. The summed E-state index contributed by atoms with van der Waals surface area (Å²) in [5.41, 5.74) is 2.65. The van der Waals surface area contributed by atoms with Gasteiger partial charge in [-0.05, 0) is 48.6 Å². The fourth-order valence-corrected chi connectivity index (χ4v) is 8.03. The molecule has 2 aromatic carbocycles. The van der Waals surface area contributed by atoms with Crippen LogP contribution < -0.4 is 15.8 Å². The molecule has 0 saturated heterocycles. The van der Waals surface area contributed by atoms with Crippen molar-refractivity contribution < 1.29 is 48.7 Å². The average Bonchev–Trinajstić information content (AvgIpc) is 3.57. The summed E-state index contributed by atoms with van der Waals surface area (Å²) in [6.45, 7) is 1.20. The van der Waals surface area contributed by atoms with Gasteiger partial charge in [0.15, 0.2) is 11.5 Å². The van der Waals surface area contributed by atoms with E-state index in [1.807, 2.05) is 0 Å². The van der Waals surface area contributed by atoms with E-state index in [-0.39, 0.29) is 55.9 Å². The van der Waals surface area contributed by atoms with E-state index in [9.17, 15) is 40.0 Å². The maximum absolute atomic E-state index is 15.9. The van der Waals surface area contributed by atoms with Gasteiger partial charge in [0.25, 0.3) is 5.92 Å². The number of sulfonamides is 1. The van der Waals surface area contributed by atoms with Crippen LogP contribution in [0.2, 0.25) is 0 Å². The van der Waals surface area contributed by atoms with Gasteiger partial charge in [-0.25, -0.2) is 21.9 Å². The fraction of sp³-hybridized carbons (Fsp3) is 0.324. The van der Waals surface area contributed by atoms with Crippen LogP contribution in [0.25, 0.3) is 22.0 Å². The summed E-state index contributed by atoms with van der Waals surface area (Å²) < 4.78 is 133. The number of anilines is 2. The minimum Gasteiger partial charge on any atom is -0.368 e. The first-order valence-corrected chi connectivity index (χ1v) is 18.1. The van der Waals surface area contributed by atoms with Crippen LogP contribution in [0.15, 0.2) is 48.7 Å². The summed E-state index contributed by atoms with van der Waals surface area (Å²) >= 11 is 0. The number of fused-ring (bicyclic) bond motifs is 4. The monoisotopic (exact) mass is 778 g/mol. The first-order chi connectivity index (χ1) is 25.2. The van der Waals surface area contributed by atoms with Crippen molar-refractivity contribution in [3.05, 3.63) is 88.5 Å². The number of nitrogens with zero attached hydrogens (tertiary/aromatic N) is 5. The number of pyridine rings is 1. The lowest BCUT2D eigenvalue weighted by Gasteiger charge is -2.29. The van der Waals surface area contributed by atoms with Crippen LogP contribution >= 0.6 is 0 Å². The Bertz CT molecular complexity index is 2480. The molecule has 7 rings (SSSR count). The van der Waals surface area contributed by atoms with Gasteiger partial charge in [-0.15, -0.1) is 0 Å². The molecule has 1 saturated carbocycles. The summed E-state index contributed by atoms with van der Waals surface area (Å²) in [7, 11) is -2.37. The van der Waals surface area contributed by atoms with E-state index in [0.29, 0.717) is 6.07 Å². The first-order valence-electron chi connectivity index (χ1n) is 16.2. The van der Waals surface area contributed by atoms with Crippen LogP contribution in [-0.2, 0) is 45.2 Å². The first kappa shape index (κ1) is 36.8. The second-order valence-electron chi connectivity index (χ2n) is 13.4. The quantitative estimate of drug-likeness (QED) is 0.153.